The number of benzene rings is 1. The van der Waals surface area contributed by atoms with Crippen LogP contribution in [0.5, 0.6) is 5.75 Å². The van der Waals surface area contributed by atoms with E-state index < -0.39 is 0 Å². The average Bonchev–Trinajstić information content (AvgIpc) is 3.09. The molecular weight excluding hydrogens is 330 g/mol. The Bertz CT molecular complexity index is 702. The maximum Gasteiger partial charge on any atom is 0.236 e. The second-order valence-corrected chi connectivity index (χ2v) is 6.55. The molecule has 0 saturated carbocycles. The summed E-state index contributed by atoms with van der Waals surface area (Å²) in [7, 11) is 1.60. The smallest absolute Gasteiger partial charge is 0.236 e. The largest absolute Gasteiger partial charge is 0.494 e. The minimum atomic E-state index is -0.289. The molecule has 0 radical (unpaired) electrons. The molecule has 1 fully saturated rings. The maximum absolute atomic E-state index is 12.5. The molecule has 0 aliphatic carbocycles. The molecular formula is C15H19N5O3S. The number of rotatable bonds is 5. The monoisotopic (exact) mass is 349 g/mol. The number of morpholine rings is 1. The fourth-order valence-electron chi connectivity index (χ4n) is 2.46. The zero-order valence-electron chi connectivity index (χ0n) is 13.6. The number of carbonyl (C=O) groups is 1. The number of hydrogen-bond acceptors (Lipinski definition) is 7. The first-order valence-corrected chi connectivity index (χ1v) is 8.53. The number of thioether (sulfide) groups is 1. The Hall–Kier alpha value is -2.13. The van der Waals surface area contributed by atoms with E-state index in [0.717, 1.165) is 5.69 Å². The van der Waals surface area contributed by atoms with Gasteiger partial charge in [0.05, 0.1) is 25.6 Å². The van der Waals surface area contributed by atoms with Crippen molar-refractivity contribution in [1.29, 1.82) is 0 Å². The van der Waals surface area contributed by atoms with Gasteiger partial charge in [0.25, 0.3) is 0 Å². The number of amides is 1. The lowest BCUT2D eigenvalue weighted by Gasteiger charge is -2.28. The van der Waals surface area contributed by atoms with Gasteiger partial charge in [0.2, 0.25) is 11.1 Å². The summed E-state index contributed by atoms with van der Waals surface area (Å²) in [6, 6.07) is 7.47. The lowest BCUT2D eigenvalue weighted by molar-refractivity contribution is -0.134. The third-order valence-electron chi connectivity index (χ3n) is 3.71. The molecule has 2 heterocycles. The van der Waals surface area contributed by atoms with E-state index in [0.29, 0.717) is 37.2 Å². The highest BCUT2D eigenvalue weighted by Gasteiger charge is 2.25. The molecule has 8 nitrogen and oxygen atoms in total. The predicted molar refractivity (Wildman–Crippen MR) is 88.4 cm³/mol. The highest BCUT2D eigenvalue weighted by Crippen LogP contribution is 2.28. The average molecular weight is 349 g/mol. The molecule has 1 amide bonds. The van der Waals surface area contributed by atoms with E-state index in [-0.39, 0.29) is 11.2 Å². The zero-order valence-corrected chi connectivity index (χ0v) is 14.4. The number of hydrogen-bond donors (Lipinski definition) is 0. The van der Waals surface area contributed by atoms with Crippen LogP contribution < -0.4 is 4.74 Å². The molecule has 1 saturated heterocycles. The Morgan fingerprint density at radius 3 is 2.83 bits per heavy atom. The summed E-state index contributed by atoms with van der Waals surface area (Å²) in [6.45, 7) is 4.29. The number of methoxy groups -OCH3 is 1. The molecule has 1 atom stereocenters. The summed E-state index contributed by atoms with van der Waals surface area (Å²) in [5.41, 5.74) is 0.735. The predicted octanol–water partition coefficient (Wildman–Crippen LogP) is 1.01. The van der Waals surface area contributed by atoms with Crippen molar-refractivity contribution in [3.8, 4) is 11.4 Å². The van der Waals surface area contributed by atoms with Crippen LogP contribution in [0, 0.1) is 0 Å². The summed E-state index contributed by atoms with van der Waals surface area (Å²) >= 11 is 1.33. The quantitative estimate of drug-likeness (QED) is 0.745. The van der Waals surface area contributed by atoms with Gasteiger partial charge < -0.3 is 14.4 Å². The van der Waals surface area contributed by atoms with Crippen LogP contribution in [0.4, 0.5) is 0 Å². The van der Waals surface area contributed by atoms with Crippen molar-refractivity contribution in [1.82, 2.24) is 25.1 Å². The molecule has 9 heteroatoms. The molecule has 3 rings (SSSR count). The minimum Gasteiger partial charge on any atom is -0.494 e. The Morgan fingerprint density at radius 1 is 1.33 bits per heavy atom. The summed E-state index contributed by atoms with van der Waals surface area (Å²) in [4.78, 5) is 14.4. The van der Waals surface area contributed by atoms with Crippen LogP contribution in [0.2, 0.25) is 0 Å². The first-order chi connectivity index (χ1) is 11.7. The van der Waals surface area contributed by atoms with Crippen LogP contribution in [0.15, 0.2) is 29.4 Å². The molecule has 2 aromatic rings. The lowest BCUT2D eigenvalue weighted by atomic mass is 10.3. The van der Waals surface area contributed by atoms with Gasteiger partial charge in [0.15, 0.2) is 0 Å². The van der Waals surface area contributed by atoms with Crippen LogP contribution in [0.1, 0.15) is 6.92 Å². The third kappa shape index (κ3) is 3.51. The van der Waals surface area contributed by atoms with Crippen LogP contribution in [0.25, 0.3) is 5.69 Å². The van der Waals surface area contributed by atoms with E-state index in [2.05, 4.69) is 15.5 Å². The van der Waals surface area contributed by atoms with E-state index in [9.17, 15) is 4.79 Å². The fraction of sp³-hybridized carbons (Fsp3) is 0.467. The fourth-order valence-corrected chi connectivity index (χ4v) is 3.34. The highest BCUT2D eigenvalue weighted by atomic mass is 32.2. The molecule has 0 unspecified atom stereocenters. The van der Waals surface area contributed by atoms with Crippen molar-refractivity contribution >= 4 is 17.7 Å². The normalized spacial score (nSPS) is 16.0. The third-order valence-corrected chi connectivity index (χ3v) is 4.73. The number of carbonyl (C=O) groups excluding carboxylic acids is 1. The maximum atomic E-state index is 12.5. The topological polar surface area (TPSA) is 82.4 Å². The molecule has 0 N–H and O–H groups in total. The molecule has 0 bridgehead atoms. The van der Waals surface area contributed by atoms with Gasteiger partial charge in [-0.1, -0.05) is 23.9 Å². The van der Waals surface area contributed by atoms with Crippen LogP contribution in [0.3, 0.4) is 0 Å². The van der Waals surface area contributed by atoms with Crippen molar-refractivity contribution in [3.63, 3.8) is 0 Å². The molecule has 1 aliphatic rings. The van der Waals surface area contributed by atoms with Crippen molar-refractivity contribution in [3.05, 3.63) is 24.3 Å². The first-order valence-electron chi connectivity index (χ1n) is 7.65. The number of nitrogens with zero attached hydrogens (tertiary/aromatic N) is 5. The molecule has 0 spiro atoms. The van der Waals surface area contributed by atoms with E-state index >= 15 is 0 Å². The number of tetrazole rings is 1. The Kier molecular flexibility index (Phi) is 5.31. The molecule has 1 aromatic heterocycles. The van der Waals surface area contributed by atoms with Crippen LogP contribution in [-0.2, 0) is 9.53 Å². The van der Waals surface area contributed by atoms with Crippen LogP contribution >= 0.6 is 11.8 Å². The summed E-state index contributed by atoms with van der Waals surface area (Å²) in [6.07, 6.45) is 0. The van der Waals surface area contributed by atoms with Crippen molar-refractivity contribution in [2.24, 2.45) is 0 Å². The second-order valence-electron chi connectivity index (χ2n) is 5.24. The Balaban J connectivity index is 1.76. The Morgan fingerprint density at radius 2 is 2.08 bits per heavy atom. The van der Waals surface area contributed by atoms with Gasteiger partial charge in [-0.15, -0.1) is 5.10 Å². The van der Waals surface area contributed by atoms with E-state index in [1.807, 2.05) is 36.1 Å². The SMILES string of the molecule is COc1ccccc1-n1nnnc1S[C@@H](C)C(=O)N1CCOCC1. The van der Waals surface area contributed by atoms with E-state index in [4.69, 9.17) is 9.47 Å². The summed E-state index contributed by atoms with van der Waals surface area (Å²) in [5, 5.41) is 12.1. The second kappa shape index (κ2) is 7.63. The lowest BCUT2D eigenvalue weighted by Crippen LogP contribution is -2.44. The van der Waals surface area contributed by atoms with Gasteiger partial charge in [-0.3, -0.25) is 4.79 Å². The Labute approximate surface area is 144 Å². The van der Waals surface area contributed by atoms with Gasteiger partial charge in [-0.05, 0) is 29.5 Å². The van der Waals surface area contributed by atoms with Gasteiger partial charge >= 0.3 is 0 Å². The van der Waals surface area contributed by atoms with Gasteiger partial charge in [-0.2, -0.15) is 4.68 Å². The molecule has 1 aromatic carbocycles. The summed E-state index contributed by atoms with van der Waals surface area (Å²) in [5.74, 6) is 0.733. The van der Waals surface area contributed by atoms with Crippen molar-refractivity contribution in [2.45, 2.75) is 17.3 Å². The summed E-state index contributed by atoms with van der Waals surface area (Å²) < 4.78 is 12.2. The van der Waals surface area contributed by atoms with Crippen LogP contribution in [-0.4, -0.2) is 69.7 Å². The molecule has 24 heavy (non-hydrogen) atoms. The van der Waals surface area contributed by atoms with Gasteiger partial charge in [0.1, 0.15) is 11.4 Å². The number of ether oxygens (including phenoxy) is 2. The first kappa shape index (κ1) is 16.7. The zero-order chi connectivity index (χ0) is 16.9. The highest BCUT2D eigenvalue weighted by molar-refractivity contribution is 8.00. The number of aromatic nitrogens is 4. The minimum absolute atomic E-state index is 0.0675. The van der Waals surface area contributed by atoms with E-state index in [1.165, 1.54) is 11.8 Å². The molecule has 1 aliphatic heterocycles. The standard InChI is InChI=1S/C15H19N5O3S/c1-11(14(21)19-7-9-23-10-8-19)24-15-16-17-18-20(15)12-5-3-4-6-13(12)22-2/h3-6,11H,7-10H2,1-2H3/t11-/m0/s1. The van der Waals surface area contributed by atoms with Gasteiger partial charge in [-0.25, -0.2) is 0 Å². The molecule has 128 valence electrons. The van der Waals surface area contributed by atoms with Gasteiger partial charge in [0, 0.05) is 13.1 Å². The van der Waals surface area contributed by atoms with E-state index in [1.54, 1.807) is 11.8 Å². The number of para-hydroxylation sites is 2. The van der Waals surface area contributed by atoms with Crippen molar-refractivity contribution in [2.75, 3.05) is 33.4 Å². The van der Waals surface area contributed by atoms with Crippen molar-refractivity contribution < 1.29 is 14.3 Å².